The number of aliphatic hydroxyl groups excluding tert-OH is 1. The van der Waals surface area contributed by atoms with Gasteiger partial charge in [0, 0.05) is 18.0 Å². The van der Waals surface area contributed by atoms with Crippen LogP contribution in [0.2, 0.25) is 0 Å². The van der Waals surface area contributed by atoms with Crippen molar-refractivity contribution in [1.82, 2.24) is 9.97 Å². The van der Waals surface area contributed by atoms with Crippen LogP contribution >= 0.6 is 0 Å². The molecule has 0 fully saturated rings. The number of hydrogen-bond donors (Lipinski definition) is 2. The number of methoxy groups -OCH3 is 1. The van der Waals surface area contributed by atoms with Gasteiger partial charge in [-0.25, -0.2) is 9.97 Å². The third kappa shape index (κ3) is 4.32. The molecule has 0 saturated carbocycles. The summed E-state index contributed by atoms with van der Waals surface area (Å²) in [7, 11) is 1.58. The molecule has 6 nitrogen and oxygen atoms in total. The van der Waals surface area contributed by atoms with E-state index < -0.39 is 0 Å². The number of hydrogen-bond acceptors (Lipinski definition) is 6. The zero-order valence-corrected chi connectivity index (χ0v) is 12.2. The Hall–Kier alpha value is -2.34. The molecule has 2 N–H and O–H groups in total. The van der Waals surface area contributed by atoms with Crippen molar-refractivity contribution in [1.29, 1.82) is 0 Å². The highest BCUT2D eigenvalue weighted by Crippen LogP contribution is 2.30. The lowest BCUT2D eigenvalue weighted by Crippen LogP contribution is -2.05. The van der Waals surface area contributed by atoms with E-state index in [1.807, 2.05) is 31.2 Å². The summed E-state index contributed by atoms with van der Waals surface area (Å²) in [6.45, 7) is 2.64. The standard InChI is InChI=1S/C15H19N3O3/c1-11-16-6-5-13(18-11)10-17-12-3-4-14(20-2)15(9-12)21-8-7-19/h3-6,9,17,19H,7-8,10H2,1-2H3. The number of aromatic nitrogens is 2. The Bertz CT molecular complexity index is 590. The quantitative estimate of drug-likeness (QED) is 0.809. The van der Waals surface area contributed by atoms with Gasteiger partial charge < -0.3 is 19.9 Å². The number of nitrogens with one attached hydrogen (secondary N) is 1. The maximum Gasteiger partial charge on any atom is 0.163 e. The van der Waals surface area contributed by atoms with Crippen LogP contribution in [0.25, 0.3) is 0 Å². The van der Waals surface area contributed by atoms with Gasteiger partial charge in [0.15, 0.2) is 11.5 Å². The van der Waals surface area contributed by atoms with Crippen molar-refractivity contribution in [3.05, 3.63) is 42.0 Å². The van der Waals surface area contributed by atoms with Gasteiger partial charge in [-0.2, -0.15) is 0 Å². The van der Waals surface area contributed by atoms with Crippen LogP contribution in [-0.4, -0.2) is 35.4 Å². The Balaban J connectivity index is 2.06. The van der Waals surface area contributed by atoms with Crippen LogP contribution in [0.4, 0.5) is 5.69 Å². The Kier molecular flexibility index (Phi) is 5.34. The number of aliphatic hydroxyl groups is 1. The number of benzene rings is 1. The second-order valence-corrected chi connectivity index (χ2v) is 4.39. The van der Waals surface area contributed by atoms with E-state index in [2.05, 4.69) is 15.3 Å². The molecule has 1 aromatic heterocycles. The summed E-state index contributed by atoms with van der Waals surface area (Å²) >= 11 is 0. The average Bonchev–Trinajstić information content (AvgIpc) is 2.51. The van der Waals surface area contributed by atoms with Crippen LogP contribution in [-0.2, 0) is 6.54 Å². The third-order valence-corrected chi connectivity index (χ3v) is 2.82. The fourth-order valence-corrected chi connectivity index (χ4v) is 1.85. The molecule has 0 aliphatic carbocycles. The van der Waals surface area contributed by atoms with Crippen molar-refractivity contribution >= 4 is 5.69 Å². The molecular weight excluding hydrogens is 270 g/mol. The van der Waals surface area contributed by atoms with Crippen LogP contribution in [0.5, 0.6) is 11.5 Å². The molecule has 0 saturated heterocycles. The van der Waals surface area contributed by atoms with Crippen LogP contribution < -0.4 is 14.8 Å². The number of ether oxygens (including phenoxy) is 2. The first-order valence-corrected chi connectivity index (χ1v) is 6.67. The van der Waals surface area contributed by atoms with E-state index in [0.717, 1.165) is 17.2 Å². The van der Waals surface area contributed by atoms with E-state index in [9.17, 15) is 0 Å². The summed E-state index contributed by atoms with van der Waals surface area (Å²) in [5, 5.41) is 12.1. The Morgan fingerprint density at radius 3 is 2.81 bits per heavy atom. The Labute approximate surface area is 123 Å². The van der Waals surface area contributed by atoms with E-state index >= 15 is 0 Å². The Morgan fingerprint density at radius 2 is 2.10 bits per heavy atom. The summed E-state index contributed by atoms with van der Waals surface area (Å²) in [4.78, 5) is 8.40. The smallest absolute Gasteiger partial charge is 0.163 e. The van der Waals surface area contributed by atoms with Crippen LogP contribution in [0.1, 0.15) is 11.5 Å². The van der Waals surface area contributed by atoms with E-state index in [0.29, 0.717) is 18.0 Å². The summed E-state index contributed by atoms with van der Waals surface area (Å²) in [6.07, 6.45) is 1.74. The predicted octanol–water partition coefficient (Wildman–Crippen LogP) is 1.78. The number of nitrogens with zero attached hydrogens (tertiary/aromatic N) is 2. The lowest BCUT2D eigenvalue weighted by atomic mass is 10.2. The lowest BCUT2D eigenvalue weighted by molar-refractivity contribution is 0.196. The van der Waals surface area contributed by atoms with Gasteiger partial charge >= 0.3 is 0 Å². The maximum absolute atomic E-state index is 8.84. The highest BCUT2D eigenvalue weighted by atomic mass is 16.5. The first-order valence-electron chi connectivity index (χ1n) is 6.67. The fourth-order valence-electron chi connectivity index (χ4n) is 1.85. The minimum absolute atomic E-state index is 0.0407. The highest BCUT2D eigenvalue weighted by molar-refractivity contribution is 5.54. The minimum atomic E-state index is -0.0407. The molecule has 0 bridgehead atoms. The molecule has 0 atom stereocenters. The van der Waals surface area contributed by atoms with Crippen LogP contribution in [0, 0.1) is 6.92 Å². The number of rotatable bonds is 7. The van der Waals surface area contributed by atoms with Gasteiger partial charge in [0.25, 0.3) is 0 Å². The first-order chi connectivity index (χ1) is 10.2. The topological polar surface area (TPSA) is 76.5 Å². The molecule has 6 heteroatoms. The molecule has 0 unspecified atom stereocenters. The summed E-state index contributed by atoms with van der Waals surface area (Å²) in [5.41, 5.74) is 1.80. The van der Waals surface area contributed by atoms with Crippen LogP contribution in [0.3, 0.4) is 0 Å². The van der Waals surface area contributed by atoms with Crippen molar-refractivity contribution in [2.45, 2.75) is 13.5 Å². The second kappa shape index (κ2) is 7.44. The molecule has 0 radical (unpaired) electrons. The van der Waals surface area contributed by atoms with Gasteiger partial charge in [-0.05, 0) is 25.1 Å². The molecule has 0 amide bonds. The van der Waals surface area contributed by atoms with Crippen molar-refractivity contribution in [2.24, 2.45) is 0 Å². The average molecular weight is 289 g/mol. The molecule has 0 aliphatic rings. The van der Waals surface area contributed by atoms with Crippen LogP contribution in [0.15, 0.2) is 30.5 Å². The zero-order valence-electron chi connectivity index (χ0n) is 12.2. The summed E-state index contributed by atoms with van der Waals surface area (Å²) in [6, 6.07) is 7.42. The molecule has 0 aliphatic heterocycles. The molecule has 0 spiro atoms. The third-order valence-electron chi connectivity index (χ3n) is 2.82. The zero-order chi connectivity index (χ0) is 15.1. The minimum Gasteiger partial charge on any atom is -0.493 e. The Morgan fingerprint density at radius 1 is 1.24 bits per heavy atom. The van der Waals surface area contributed by atoms with Gasteiger partial charge in [-0.15, -0.1) is 0 Å². The van der Waals surface area contributed by atoms with E-state index in [1.54, 1.807) is 13.3 Å². The van der Waals surface area contributed by atoms with Gasteiger partial charge in [0.1, 0.15) is 12.4 Å². The molecule has 112 valence electrons. The van der Waals surface area contributed by atoms with Gasteiger partial charge in [-0.1, -0.05) is 0 Å². The lowest BCUT2D eigenvalue weighted by Gasteiger charge is -2.12. The predicted molar refractivity (Wildman–Crippen MR) is 79.7 cm³/mol. The monoisotopic (exact) mass is 289 g/mol. The van der Waals surface area contributed by atoms with Crippen molar-refractivity contribution in [2.75, 3.05) is 25.6 Å². The summed E-state index contributed by atoms with van der Waals surface area (Å²) < 4.78 is 10.7. The van der Waals surface area contributed by atoms with E-state index in [4.69, 9.17) is 14.6 Å². The molecule has 21 heavy (non-hydrogen) atoms. The normalized spacial score (nSPS) is 10.2. The highest BCUT2D eigenvalue weighted by Gasteiger charge is 2.06. The van der Waals surface area contributed by atoms with Crippen molar-refractivity contribution in [3.8, 4) is 11.5 Å². The molecule has 1 aromatic carbocycles. The van der Waals surface area contributed by atoms with Crippen molar-refractivity contribution in [3.63, 3.8) is 0 Å². The first kappa shape index (κ1) is 15.1. The second-order valence-electron chi connectivity index (χ2n) is 4.39. The largest absolute Gasteiger partial charge is 0.493 e. The number of anilines is 1. The van der Waals surface area contributed by atoms with Gasteiger partial charge in [0.05, 0.1) is 26.0 Å². The molecule has 2 rings (SSSR count). The van der Waals surface area contributed by atoms with Gasteiger partial charge in [0.2, 0.25) is 0 Å². The fraction of sp³-hybridized carbons (Fsp3) is 0.333. The summed E-state index contributed by atoms with van der Waals surface area (Å²) in [5.74, 6) is 1.97. The number of aryl methyl sites for hydroxylation is 1. The SMILES string of the molecule is COc1ccc(NCc2ccnc(C)n2)cc1OCCO. The molecule has 1 heterocycles. The van der Waals surface area contributed by atoms with Crippen molar-refractivity contribution < 1.29 is 14.6 Å². The van der Waals surface area contributed by atoms with E-state index in [1.165, 1.54) is 0 Å². The van der Waals surface area contributed by atoms with Gasteiger partial charge in [-0.3, -0.25) is 0 Å². The molecular formula is C15H19N3O3. The van der Waals surface area contributed by atoms with E-state index in [-0.39, 0.29) is 13.2 Å². The molecule has 2 aromatic rings. The maximum atomic E-state index is 8.84.